The van der Waals surface area contributed by atoms with E-state index in [9.17, 15) is 33.2 Å². The standard InChI is InChI=1S/C40H53FN6O7S/c1-24(48)42-34(25-11-6-5-7-12-25)36(50)43-32-16-9-4-2-3-8-14-27-20-40(27,38(52)45-55-29-17-18-29)44-35(49)33-19-28(22-47(33)37(32)51)54-39(53)46-21-26-13-10-15-31(41)30(26)23-46/h8,10,13-15,25,27-29,32-34H,2-7,9,11-12,16-23H2,1H3,(H,42,48)(H,43,50)(H,44,49)(H,45,52)/b14-8-/t27-,28-,32+,33?,34+,40-/m1/s1. The topological polar surface area (TPSA) is 166 Å². The number of allylic oxidation sites excluding steroid dienone is 1. The predicted octanol–water partition coefficient (Wildman–Crippen LogP) is 4.14. The van der Waals surface area contributed by atoms with Crippen molar-refractivity contribution in [3.8, 4) is 0 Å². The van der Waals surface area contributed by atoms with Crippen LogP contribution in [0.2, 0.25) is 0 Å². The Kier molecular flexibility index (Phi) is 12.0. The van der Waals surface area contributed by atoms with Gasteiger partial charge in [0, 0.05) is 36.6 Å². The summed E-state index contributed by atoms with van der Waals surface area (Å²) in [6, 6.07) is 1.80. The summed E-state index contributed by atoms with van der Waals surface area (Å²) in [6.07, 6.45) is 12.8. The van der Waals surface area contributed by atoms with Gasteiger partial charge in [0.1, 0.15) is 35.6 Å². The molecule has 3 heterocycles. The summed E-state index contributed by atoms with van der Waals surface area (Å²) in [7, 11) is 0. The molecule has 4 N–H and O–H groups in total. The summed E-state index contributed by atoms with van der Waals surface area (Å²) in [6.45, 7) is 1.47. The first-order valence-corrected chi connectivity index (χ1v) is 20.9. The van der Waals surface area contributed by atoms with Crippen molar-refractivity contribution in [2.24, 2.45) is 11.8 Å². The third-order valence-corrected chi connectivity index (χ3v) is 13.1. The Balaban J connectivity index is 1.13. The summed E-state index contributed by atoms with van der Waals surface area (Å²) in [4.78, 5) is 85.2. The van der Waals surface area contributed by atoms with Gasteiger partial charge in [-0.25, -0.2) is 9.18 Å². The molecule has 55 heavy (non-hydrogen) atoms. The van der Waals surface area contributed by atoms with E-state index < -0.39 is 59.4 Å². The third kappa shape index (κ3) is 9.13. The fraction of sp³-hybridized carbons (Fsp3) is 0.650. The Hall–Kier alpha value is -4.14. The van der Waals surface area contributed by atoms with Gasteiger partial charge in [-0.05, 0) is 80.9 Å². The normalized spacial score (nSPS) is 29.6. The van der Waals surface area contributed by atoms with Gasteiger partial charge < -0.3 is 25.6 Å². The van der Waals surface area contributed by atoms with Gasteiger partial charge in [-0.1, -0.05) is 56.4 Å². The summed E-state index contributed by atoms with van der Waals surface area (Å²) in [5.74, 6) is -2.75. The quantitative estimate of drug-likeness (QED) is 0.226. The lowest BCUT2D eigenvalue weighted by Gasteiger charge is -2.33. The van der Waals surface area contributed by atoms with Crippen molar-refractivity contribution in [2.45, 2.75) is 145 Å². The van der Waals surface area contributed by atoms with Gasteiger partial charge in [0.05, 0.1) is 13.1 Å². The molecule has 298 valence electrons. The van der Waals surface area contributed by atoms with Crippen molar-refractivity contribution in [1.29, 1.82) is 0 Å². The van der Waals surface area contributed by atoms with E-state index in [4.69, 9.17) is 4.74 Å². The number of hydrogen-bond donors (Lipinski definition) is 4. The molecular formula is C40H53FN6O7S. The molecule has 1 unspecified atom stereocenters. The van der Waals surface area contributed by atoms with Crippen molar-refractivity contribution in [1.82, 2.24) is 30.5 Å². The average molecular weight is 781 g/mol. The van der Waals surface area contributed by atoms with Gasteiger partial charge >= 0.3 is 6.09 Å². The molecule has 0 bridgehead atoms. The Labute approximate surface area is 325 Å². The highest BCUT2D eigenvalue weighted by Crippen LogP contribution is 2.46. The van der Waals surface area contributed by atoms with E-state index in [1.54, 1.807) is 12.1 Å². The monoisotopic (exact) mass is 780 g/mol. The number of nitrogens with one attached hydrogen (secondary N) is 4. The minimum Gasteiger partial charge on any atom is -0.444 e. The van der Waals surface area contributed by atoms with Gasteiger partial charge in [0.15, 0.2) is 0 Å². The molecule has 0 aromatic heterocycles. The zero-order valence-electron chi connectivity index (χ0n) is 31.5. The first kappa shape index (κ1) is 39.1. The second-order valence-corrected chi connectivity index (χ2v) is 17.3. The van der Waals surface area contributed by atoms with Crippen LogP contribution >= 0.6 is 11.9 Å². The lowest BCUT2D eigenvalue weighted by atomic mass is 9.83. The Morgan fingerprint density at radius 3 is 2.51 bits per heavy atom. The van der Waals surface area contributed by atoms with Gasteiger partial charge in [0.25, 0.3) is 5.91 Å². The van der Waals surface area contributed by atoms with E-state index in [2.05, 4.69) is 20.7 Å². The molecule has 1 saturated heterocycles. The minimum atomic E-state index is -1.18. The number of hydrogen-bond acceptors (Lipinski definition) is 8. The van der Waals surface area contributed by atoms with Crippen molar-refractivity contribution >= 4 is 47.6 Å². The number of benzene rings is 1. The smallest absolute Gasteiger partial charge is 0.410 e. The van der Waals surface area contributed by atoms with Crippen LogP contribution in [0.1, 0.15) is 108 Å². The Bertz CT molecular complexity index is 1700. The Morgan fingerprint density at radius 1 is 1.00 bits per heavy atom. The molecule has 3 aliphatic heterocycles. The summed E-state index contributed by atoms with van der Waals surface area (Å²) < 4.78 is 23.4. The molecule has 7 rings (SSSR count). The first-order chi connectivity index (χ1) is 26.5. The molecule has 6 aliphatic rings. The minimum absolute atomic E-state index is 0.0231. The molecule has 6 amide bonds. The second-order valence-electron chi connectivity index (χ2n) is 16.2. The zero-order valence-corrected chi connectivity index (χ0v) is 32.3. The van der Waals surface area contributed by atoms with Crippen LogP contribution in [-0.4, -0.2) is 87.0 Å². The lowest BCUT2D eigenvalue weighted by molar-refractivity contribution is -0.143. The number of carbonyl (C=O) groups excluding carboxylic acids is 6. The highest BCUT2D eigenvalue weighted by molar-refractivity contribution is 7.98. The van der Waals surface area contributed by atoms with Crippen LogP contribution in [0.4, 0.5) is 9.18 Å². The van der Waals surface area contributed by atoms with Crippen LogP contribution in [0, 0.1) is 17.7 Å². The molecule has 1 aromatic carbocycles. The van der Waals surface area contributed by atoms with Crippen LogP contribution in [0.15, 0.2) is 30.4 Å². The molecule has 13 nitrogen and oxygen atoms in total. The molecule has 0 radical (unpaired) electrons. The molecule has 0 spiro atoms. The van der Waals surface area contributed by atoms with Crippen molar-refractivity contribution in [3.63, 3.8) is 0 Å². The summed E-state index contributed by atoms with van der Waals surface area (Å²) in [5.41, 5.74) is -0.0654. The summed E-state index contributed by atoms with van der Waals surface area (Å²) in [5, 5.41) is 9.19. The molecule has 15 heteroatoms. The van der Waals surface area contributed by atoms with E-state index >= 15 is 0 Å². The predicted molar refractivity (Wildman–Crippen MR) is 202 cm³/mol. The zero-order chi connectivity index (χ0) is 38.7. The fourth-order valence-corrected chi connectivity index (χ4v) is 9.48. The van der Waals surface area contributed by atoms with Crippen LogP contribution < -0.4 is 20.7 Å². The SMILES string of the molecule is CC(=O)N[C@H](C(=O)N[C@H]1CCCCC/C=C\[C@@H]2C[C@@]2(C(=O)NSC2CC2)NC(=O)C2C[C@@H](OC(=O)N3Cc4cccc(F)c4C3)CN2C1=O)C1CCCCC1. The average Bonchev–Trinajstić information content (AvgIpc) is 4.03. The van der Waals surface area contributed by atoms with E-state index in [1.165, 1.54) is 34.7 Å². The molecule has 3 saturated carbocycles. The van der Waals surface area contributed by atoms with Crippen molar-refractivity contribution < 1.29 is 37.9 Å². The van der Waals surface area contributed by atoms with Gasteiger partial charge in [-0.3, -0.25) is 33.6 Å². The summed E-state index contributed by atoms with van der Waals surface area (Å²) >= 11 is 1.37. The largest absolute Gasteiger partial charge is 0.444 e. The number of nitrogens with zero attached hydrogens (tertiary/aromatic N) is 2. The number of amides is 6. The maximum Gasteiger partial charge on any atom is 0.410 e. The number of ether oxygens (including phenoxy) is 1. The number of halogens is 1. The number of fused-ring (bicyclic) bond motifs is 3. The van der Waals surface area contributed by atoms with Gasteiger partial charge in [-0.2, -0.15) is 0 Å². The van der Waals surface area contributed by atoms with E-state index in [0.717, 1.165) is 64.2 Å². The fourth-order valence-electron chi connectivity index (χ4n) is 8.65. The second kappa shape index (κ2) is 16.9. The molecule has 3 aliphatic carbocycles. The van der Waals surface area contributed by atoms with Crippen LogP contribution in [0.3, 0.4) is 0 Å². The number of rotatable bonds is 8. The van der Waals surface area contributed by atoms with Crippen LogP contribution in [-0.2, 0) is 41.8 Å². The lowest BCUT2D eigenvalue weighted by Crippen LogP contribution is -2.59. The van der Waals surface area contributed by atoms with E-state index in [-0.39, 0.29) is 49.7 Å². The first-order valence-electron chi connectivity index (χ1n) is 20.1. The number of carbonyl (C=O) groups is 6. The Morgan fingerprint density at radius 2 is 1.76 bits per heavy atom. The molecular weight excluding hydrogens is 728 g/mol. The highest BCUT2D eigenvalue weighted by atomic mass is 32.2. The van der Waals surface area contributed by atoms with Crippen LogP contribution in [0.5, 0.6) is 0 Å². The third-order valence-electron chi connectivity index (χ3n) is 12.0. The van der Waals surface area contributed by atoms with E-state index in [0.29, 0.717) is 35.6 Å². The van der Waals surface area contributed by atoms with Crippen LogP contribution in [0.25, 0.3) is 0 Å². The molecule has 6 atom stereocenters. The molecule has 1 aromatic rings. The van der Waals surface area contributed by atoms with Crippen molar-refractivity contribution in [3.05, 3.63) is 47.3 Å². The molecule has 4 fully saturated rings. The van der Waals surface area contributed by atoms with Gasteiger partial charge in [0.2, 0.25) is 23.6 Å². The maximum absolute atomic E-state index is 14.7. The highest BCUT2D eigenvalue weighted by Gasteiger charge is 2.61. The van der Waals surface area contributed by atoms with E-state index in [1.807, 2.05) is 12.2 Å². The van der Waals surface area contributed by atoms with Gasteiger partial charge in [-0.15, -0.1) is 0 Å². The van der Waals surface area contributed by atoms with Crippen molar-refractivity contribution in [2.75, 3.05) is 6.54 Å². The maximum atomic E-state index is 14.7.